The monoisotopic (exact) mass is 347 g/mol. The molecule has 6 heteroatoms. The molecule has 26 heavy (non-hydrogen) atoms. The third-order valence-corrected chi connectivity index (χ3v) is 5.53. The number of para-hydroxylation sites is 1. The molecule has 0 amide bonds. The van der Waals surface area contributed by atoms with Crippen molar-refractivity contribution in [1.29, 1.82) is 0 Å². The molecule has 1 saturated heterocycles. The number of nitrogens with zero attached hydrogens (tertiary/aromatic N) is 5. The molecule has 0 spiro atoms. The Morgan fingerprint density at radius 1 is 1.12 bits per heavy atom. The number of hydrogen-bond acceptors (Lipinski definition) is 5. The van der Waals surface area contributed by atoms with Gasteiger partial charge in [0, 0.05) is 31.3 Å². The largest absolute Gasteiger partial charge is 0.346 e. The van der Waals surface area contributed by atoms with Crippen molar-refractivity contribution in [3.8, 4) is 0 Å². The molecule has 0 N–H and O–H groups in total. The van der Waals surface area contributed by atoms with E-state index in [4.69, 9.17) is 4.98 Å². The molecule has 132 valence electrons. The van der Waals surface area contributed by atoms with Gasteiger partial charge in [0.1, 0.15) is 18.0 Å². The van der Waals surface area contributed by atoms with Crippen molar-refractivity contribution in [2.45, 2.75) is 37.6 Å². The fourth-order valence-electron chi connectivity index (χ4n) is 3.96. The number of benzene rings is 1. The lowest BCUT2D eigenvalue weighted by atomic mass is 10.1. The molecule has 5 rings (SSSR count). The van der Waals surface area contributed by atoms with E-state index in [-0.39, 0.29) is 11.6 Å². The zero-order chi connectivity index (χ0) is 17.7. The van der Waals surface area contributed by atoms with Crippen LogP contribution in [0, 0.1) is 0 Å². The van der Waals surface area contributed by atoms with Gasteiger partial charge in [-0.25, -0.2) is 15.0 Å². The smallest absolute Gasteiger partial charge is 0.261 e. The van der Waals surface area contributed by atoms with E-state index in [1.165, 1.54) is 12.8 Å². The molecule has 1 aliphatic carbocycles. The van der Waals surface area contributed by atoms with Crippen molar-refractivity contribution >= 4 is 16.7 Å². The van der Waals surface area contributed by atoms with E-state index in [2.05, 4.69) is 20.9 Å². The second-order valence-electron chi connectivity index (χ2n) is 7.28. The minimum absolute atomic E-state index is 0.0128. The standard InChI is InChI=1S/C20H21N5O/c1-24-19(23-15-6-3-2-5-14(15)20(24)26)17-7-4-10-25(17)18-11-16(13-8-9-13)21-12-22-18/h2-3,5-6,11-13,17H,4,7-10H2,1H3. The quantitative estimate of drug-likeness (QED) is 0.729. The summed E-state index contributed by atoms with van der Waals surface area (Å²) in [6.07, 6.45) is 6.16. The van der Waals surface area contributed by atoms with Crippen LogP contribution in [0.25, 0.3) is 10.9 Å². The van der Waals surface area contributed by atoms with Crippen LogP contribution in [0.2, 0.25) is 0 Å². The zero-order valence-electron chi connectivity index (χ0n) is 14.8. The van der Waals surface area contributed by atoms with Crippen molar-refractivity contribution in [1.82, 2.24) is 19.5 Å². The highest BCUT2D eigenvalue weighted by Gasteiger charge is 2.32. The van der Waals surface area contributed by atoms with Crippen LogP contribution in [0.3, 0.4) is 0 Å². The molecule has 2 aromatic heterocycles. The Hall–Kier alpha value is -2.76. The van der Waals surface area contributed by atoms with E-state index in [1.54, 1.807) is 10.9 Å². The minimum atomic E-state index is 0.0128. The van der Waals surface area contributed by atoms with Crippen LogP contribution >= 0.6 is 0 Å². The van der Waals surface area contributed by atoms with E-state index >= 15 is 0 Å². The maximum atomic E-state index is 12.8. The summed E-state index contributed by atoms with van der Waals surface area (Å²) in [4.78, 5) is 28.9. The molecule has 0 bridgehead atoms. The summed E-state index contributed by atoms with van der Waals surface area (Å²) in [5, 5.41) is 0.668. The van der Waals surface area contributed by atoms with Crippen LogP contribution in [0.15, 0.2) is 41.5 Å². The summed E-state index contributed by atoms with van der Waals surface area (Å²) in [6.45, 7) is 0.925. The van der Waals surface area contributed by atoms with Gasteiger partial charge in [-0.05, 0) is 37.8 Å². The molecule has 1 aliphatic heterocycles. The lowest BCUT2D eigenvalue weighted by Crippen LogP contribution is -2.31. The van der Waals surface area contributed by atoms with E-state index in [0.717, 1.165) is 42.2 Å². The highest BCUT2D eigenvalue weighted by Crippen LogP contribution is 2.41. The van der Waals surface area contributed by atoms with Crippen molar-refractivity contribution in [2.24, 2.45) is 7.05 Å². The summed E-state index contributed by atoms with van der Waals surface area (Å²) < 4.78 is 1.70. The molecular weight excluding hydrogens is 326 g/mol. The summed E-state index contributed by atoms with van der Waals surface area (Å²) >= 11 is 0. The average Bonchev–Trinajstić information content (AvgIpc) is 3.42. The summed E-state index contributed by atoms with van der Waals surface area (Å²) in [7, 11) is 1.82. The first kappa shape index (κ1) is 15.5. The Bertz CT molecular complexity index is 1040. The SMILES string of the molecule is Cn1c(C2CCCN2c2cc(C3CC3)ncn2)nc2ccccc2c1=O. The first-order valence-electron chi connectivity index (χ1n) is 9.26. The van der Waals surface area contributed by atoms with Gasteiger partial charge in [-0.2, -0.15) is 0 Å². The molecule has 3 heterocycles. The van der Waals surface area contributed by atoms with Crippen molar-refractivity contribution in [3.63, 3.8) is 0 Å². The third kappa shape index (κ3) is 2.48. The Labute approximate surface area is 151 Å². The van der Waals surface area contributed by atoms with Gasteiger partial charge in [0.05, 0.1) is 16.9 Å². The van der Waals surface area contributed by atoms with Gasteiger partial charge in [-0.15, -0.1) is 0 Å². The first-order valence-corrected chi connectivity index (χ1v) is 9.26. The van der Waals surface area contributed by atoms with Crippen LogP contribution in [-0.2, 0) is 7.05 Å². The van der Waals surface area contributed by atoms with Crippen LogP contribution in [0.5, 0.6) is 0 Å². The predicted molar refractivity (Wildman–Crippen MR) is 100 cm³/mol. The summed E-state index contributed by atoms with van der Waals surface area (Å²) in [5.41, 5.74) is 1.92. The normalized spacial score (nSPS) is 20.0. The topological polar surface area (TPSA) is 63.9 Å². The Kier molecular flexibility index (Phi) is 3.51. The number of rotatable bonds is 3. The molecule has 2 fully saturated rings. The van der Waals surface area contributed by atoms with Gasteiger partial charge in [-0.1, -0.05) is 12.1 Å². The van der Waals surface area contributed by atoms with Gasteiger partial charge in [0.2, 0.25) is 0 Å². The van der Waals surface area contributed by atoms with Crippen LogP contribution in [0.1, 0.15) is 49.2 Å². The highest BCUT2D eigenvalue weighted by atomic mass is 16.1. The second-order valence-corrected chi connectivity index (χ2v) is 7.28. The highest BCUT2D eigenvalue weighted by molar-refractivity contribution is 5.77. The fourth-order valence-corrected chi connectivity index (χ4v) is 3.96. The predicted octanol–water partition coefficient (Wildman–Crippen LogP) is 2.94. The number of fused-ring (bicyclic) bond motifs is 1. The lowest BCUT2D eigenvalue weighted by Gasteiger charge is -2.26. The van der Waals surface area contributed by atoms with E-state index in [1.807, 2.05) is 31.3 Å². The third-order valence-electron chi connectivity index (χ3n) is 5.53. The first-order chi connectivity index (χ1) is 12.7. The molecule has 0 radical (unpaired) electrons. The maximum absolute atomic E-state index is 12.8. The fraction of sp³-hybridized carbons (Fsp3) is 0.400. The molecule has 1 unspecified atom stereocenters. The lowest BCUT2D eigenvalue weighted by molar-refractivity contribution is 0.606. The Morgan fingerprint density at radius 2 is 1.96 bits per heavy atom. The van der Waals surface area contributed by atoms with E-state index in [9.17, 15) is 4.79 Å². The summed E-state index contributed by atoms with van der Waals surface area (Å²) in [6, 6.07) is 9.75. The summed E-state index contributed by atoms with van der Waals surface area (Å²) in [5.74, 6) is 2.37. The second kappa shape index (κ2) is 5.90. The van der Waals surface area contributed by atoms with Crippen LogP contribution in [0.4, 0.5) is 5.82 Å². The van der Waals surface area contributed by atoms with Crippen molar-refractivity contribution in [3.05, 3.63) is 58.5 Å². The number of anilines is 1. The van der Waals surface area contributed by atoms with Gasteiger partial charge < -0.3 is 4.90 Å². The molecule has 6 nitrogen and oxygen atoms in total. The van der Waals surface area contributed by atoms with Gasteiger partial charge in [0.15, 0.2) is 0 Å². The van der Waals surface area contributed by atoms with Crippen LogP contribution < -0.4 is 10.5 Å². The van der Waals surface area contributed by atoms with Gasteiger partial charge >= 0.3 is 0 Å². The van der Waals surface area contributed by atoms with E-state index < -0.39 is 0 Å². The zero-order valence-corrected chi connectivity index (χ0v) is 14.8. The van der Waals surface area contributed by atoms with Crippen molar-refractivity contribution < 1.29 is 0 Å². The molecule has 1 saturated carbocycles. The Balaban J connectivity index is 1.59. The number of aromatic nitrogens is 4. The maximum Gasteiger partial charge on any atom is 0.261 e. The van der Waals surface area contributed by atoms with Gasteiger partial charge in [-0.3, -0.25) is 9.36 Å². The van der Waals surface area contributed by atoms with Crippen LogP contribution in [-0.4, -0.2) is 26.1 Å². The van der Waals surface area contributed by atoms with Gasteiger partial charge in [0.25, 0.3) is 5.56 Å². The van der Waals surface area contributed by atoms with Crippen molar-refractivity contribution in [2.75, 3.05) is 11.4 Å². The molecule has 2 aliphatic rings. The molecular formula is C20H21N5O. The van der Waals surface area contributed by atoms with E-state index in [0.29, 0.717) is 11.3 Å². The average molecular weight is 347 g/mol. The number of hydrogen-bond donors (Lipinski definition) is 0. The molecule has 3 aromatic rings. The molecule has 1 aromatic carbocycles. The molecule has 1 atom stereocenters. The minimum Gasteiger partial charge on any atom is -0.346 e. The Morgan fingerprint density at radius 3 is 2.81 bits per heavy atom.